The first-order valence-corrected chi connectivity index (χ1v) is 8.90. The highest BCUT2D eigenvalue weighted by Crippen LogP contribution is 2.38. The molecule has 1 saturated heterocycles. The predicted molar refractivity (Wildman–Crippen MR) is 82.8 cm³/mol. The Balaban J connectivity index is 1.61. The molecule has 20 heavy (non-hydrogen) atoms. The first-order chi connectivity index (χ1) is 9.81. The number of hydrogen-bond donors (Lipinski definition) is 2. The van der Waals surface area contributed by atoms with Crippen molar-refractivity contribution in [3.8, 4) is 0 Å². The van der Waals surface area contributed by atoms with E-state index in [1.807, 2.05) is 0 Å². The van der Waals surface area contributed by atoms with E-state index in [0.29, 0.717) is 18.1 Å². The molecule has 0 aromatic rings. The Bertz CT molecular complexity index is 297. The third-order valence-electron chi connectivity index (χ3n) is 5.76. The van der Waals surface area contributed by atoms with Crippen molar-refractivity contribution >= 4 is 0 Å². The smallest absolute Gasteiger partial charge is 0.0586 e. The predicted octanol–water partition coefficient (Wildman–Crippen LogP) is 2.54. The molecule has 0 spiro atoms. The summed E-state index contributed by atoms with van der Waals surface area (Å²) in [7, 11) is 0. The second-order valence-electron chi connectivity index (χ2n) is 7.52. The van der Waals surface area contributed by atoms with Gasteiger partial charge in [-0.15, -0.1) is 0 Å². The summed E-state index contributed by atoms with van der Waals surface area (Å²) in [5, 5.41) is 13.4. The molecule has 2 aliphatic carbocycles. The minimum atomic E-state index is 0.353. The van der Waals surface area contributed by atoms with Crippen molar-refractivity contribution in [1.82, 2.24) is 10.2 Å². The number of aliphatic hydroxyl groups is 1. The van der Waals surface area contributed by atoms with E-state index < -0.39 is 0 Å². The molecule has 3 heteroatoms. The van der Waals surface area contributed by atoms with Crippen molar-refractivity contribution in [3.05, 3.63) is 0 Å². The molecule has 2 N–H and O–H groups in total. The van der Waals surface area contributed by atoms with Gasteiger partial charge in [-0.3, -0.25) is 4.90 Å². The van der Waals surface area contributed by atoms with Crippen molar-refractivity contribution in [2.45, 2.75) is 76.3 Å². The van der Waals surface area contributed by atoms with E-state index in [4.69, 9.17) is 0 Å². The monoisotopic (exact) mass is 280 g/mol. The molecule has 3 rings (SSSR count). The van der Waals surface area contributed by atoms with E-state index >= 15 is 0 Å². The van der Waals surface area contributed by atoms with Crippen LogP contribution in [0, 0.1) is 5.41 Å². The molecule has 3 nitrogen and oxygen atoms in total. The Hall–Kier alpha value is -0.120. The summed E-state index contributed by atoms with van der Waals surface area (Å²) in [6.45, 7) is 3.99. The zero-order valence-corrected chi connectivity index (χ0v) is 12.9. The molecule has 0 radical (unpaired) electrons. The lowest BCUT2D eigenvalue weighted by Gasteiger charge is -2.45. The zero-order valence-electron chi connectivity index (χ0n) is 12.9. The van der Waals surface area contributed by atoms with Crippen LogP contribution in [-0.4, -0.2) is 48.3 Å². The SMILES string of the molecule is OCC1CCCCN1CC1(CNC2CC2)CCCCC1. The molecule has 0 bridgehead atoms. The Morgan fingerprint density at radius 1 is 1.00 bits per heavy atom. The number of nitrogens with zero attached hydrogens (tertiary/aromatic N) is 1. The van der Waals surface area contributed by atoms with E-state index in [-0.39, 0.29) is 0 Å². The van der Waals surface area contributed by atoms with Gasteiger partial charge in [0.1, 0.15) is 0 Å². The number of likely N-dealkylation sites (tertiary alicyclic amines) is 1. The lowest BCUT2D eigenvalue weighted by molar-refractivity contribution is 0.0308. The van der Waals surface area contributed by atoms with Crippen molar-refractivity contribution in [3.63, 3.8) is 0 Å². The molecule has 1 unspecified atom stereocenters. The standard InChI is InChI=1S/C17H32N2O/c20-12-16-6-2-5-11-19(16)14-17(9-3-1-4-10-17)13-18-15-7-8-15/h15-16,18,20H,1-14H2. The van der Waals surface area contributed by atoms with Crippen molar-refractivity contribution in [2.75, 3.05) is 26.2 Å². The van der Waals surface area contributed by atoms with Gasteiger partial charge >= 0.3 is 0 Å². The van der Waals surface area contributed by atoms with Gasteiger partial charge in [0.25, 0.3) is 0 Å². The Kier molecular flexibility index (Phi) is 5.00. The summed E-state index contributed by atoms with van der Waals surface area (Å²) >= 11 is 0. The van der Waals surface area contributed by atoms with E-state index in [1.54, 1.807) is 0 Å². The topological polar surface area (TPSA) is 35.5 Å². The summed E-state index contributed by atoms with van der Waals surface area (Å²) in [6.07, 6.45) is 13.6. The molecule has 1 heterocycles. The van der Waals surface area contributed by atoms with Crippen LogP contribution in [0.4, 0.5) is 0 Å². The minimum absolute atomic E-state index is 0.353. The molecule has 3 aliphatic rings. The summed E-state index contributed by atoms with van der Waals surface area (Å²) in [5.41, 5.74) is 0.492. The summed E-state index contributed by atoms with van der Waals surface area (Å²) in [5.74, 6) is 0. The van der Waals surface area contributed by atoms with E-state index in [2.05, 4.69) is 10.2 Å². The quantitative estimate of drug-likeness (QED) is 0.785. The third kappa shape index (κ3) is 3.75. The van der Waals surface area contributed by atoms with Crippen LogP contribution in [0.5, 0.6) is 0 Å². The van der Waals surface area contributed by atoms with Gasteiger partial charge in [0.2, 0.25) is 0 Å². The van der Waals surface area contributed by atoms with Crippen LogP contribution in [0.1, 0.15) is 64.2 Å². The third-order valence-corrected chi connectivity index (χ3v) is 5.76. The van der Waals surface area contributed by atoms with Crippen LogP contribution in [0.25, 0.3) is 0 Å². The largest absolute Gasteiger partial charge is 0.395 e. The van der Waals surface area contributed by atoms with Crippen LogP contribution in [0.2, 0.25) is 0 Å². The van der Waals surface area contributed by atoms with E-state index in [0.717, 1.165) is 6.04 Å². The molecular weight excluding hydrogens is 248 g/mol. The van der Waals surface area contributed by atoms with Crippen LogP contribution in [0.15, 0.2) is 0 Å². The molecule has 1 atom stereocenters. The molecule has 0 aromatic heterocycles. The van der Waals surface area contributed by atoms with Crippen molar-refractivity contribution in [2.24, 2.45) is 5.41 Å². The molecule has 116 valence electrons. The molecule has 3 fully saturated rings. The van der Waals surface area contributed by atoms with Gasteiger partial charge in [-0.1, -0.05) is 25.7 Å². The number of piperidine rings is 1. The van der Waals surface area contributed by atoms with Crippen LogP contribution >= 0.6 is 0 Å². The summed E-state index contributed by atoms with van der Waals surface area (Å²) in [4.78, 5) is 2.61. The van der Waals surface area contributed by atoms with Gasteiger partial charge in [-0.25, -0.2) is 0 Å². The molecular formula is C17H32N2O. The summed E-state index contributed by atoms with van der Waals surface area (Å²) < 4.78 is 0. The van der Waals surface area contributed by atoms with Gasteiger partial charge < -0.3 is 10.4 Å². The van der Waals surface area contributed by atoms with Gasteiger partial charge in [0.05, 0.1) is 6.61 Å². The molecule has 0 aromatic carbocycles. The van der Waals surface area contributed by atoms with Gasteiger partial charge in [0, 0.05) is 25.2 Å². The first kappa shape index (κ1) is 14.8. The second kappa shape index (κ2) is 6.76. The Labute approximate surface area is 124 Å². The maximum Gasteiger partial charge on any atom is 0.0586 e. The first-order valence-electron chi connectivity index (χ1n) is 8.90. The van der Waals surface area contributed by atoms with Gasteiger partial charge in [0.15, 0.2) is 0 Å². The highest BCUT2D eigenvalue weighted by Gasteiger charge is 2.37. The number of hydrogen-bond acceptors (Lipinski definition) is 3. The fourth-order valence-corrected chi connectivity index (χ4v) is 4.25. The van der Waals surface area contributed by atoms with E-state index in [9.17, 15) is 5.11 Å². The lowest BCUT2D eigenvalue weighted by atomic mass is 9.73. The second-order valence-corrected chi connectivity index (χ2v) is 7.52. The molecule has 2 saturated carbocycles. The average molecular weight is 280 g/mol. The average Bonchev–Trinajstić information content (AvgIpc) is 3.31. The maximum atomic E-state index is 9.65. The van der Waals surface area contributed by atoms with Crippen LogP contribution in [-0.2, 0) is 0 Å². The minimum Gasteiger partial charge on any atom is -0.395 e. The maximum absolute atomic E-state index is 9.65. The number of rotatable bonds is 6. The fourth-order valence-electron chi connectivity index (χ4n) is 4.25. The molecule has 1 aliphatic heterocycles. The highest BCUT2D eigenvalue weighted by atomic mass is 16.3. The normalized spacial score (nSPS) is 31.4. The van der Waals surface area contributed by atoms with Crippen molar-refractivity contribution < 1.29 is 5.11 Å². The van der Waals surface area contributed by atoms with Gasteiger partial charge in [-0.05, 0) is 50.5 Å². The van der Waals surface area contributed by atoms with Crippen LogP contribution in [0.3, 0.4) is 0 Å². The van der Waals surface area contributed by atoms with Gasteiger partial charge in [-0.2, -0.15) is 0 Å². The molecule has 0 amide bonds. The van der Waals surface area contributed by atoms with Crippen molar-refractivity contribution in [1.29, 1.82) is 0 Å². The van der Waals surface area contributed by atoms with Crippen LogP contribution < -0.4 is 5.32 Å². The Morgan fingerprint density at radius 3 is 2.50 bits per heavy atom. The highest BCUT2D eigenvalue weighted by molar-refractivity contribution is 4.93. The fraction of sp³-hybridized carbons (Fsp3) is 1.00. The zero-order chi connectivity index (χ0) is 13.8. The Morgan fingerprint density at radius 2 is 1.80 bits per heavy atom. The number of nitrogens with one attached hydrogen (secondary N) is 1. The summed E-state index contributed by atoms with van der Waals surface area (Å²) in [6, 6.07) is 1.26. The lowest BCUT2D eigenvalue weighted by Crippen LogP contribution is -2.51. The number of aliphatic hydroxyl groups excluding tert-OH is 1. The van der Waals surface area contributed by atoms with E-state index in [1.165, 1.54) is 83.8 Å².